The molecule has 0 bridgehead atoms. The van der Waals surface area contributed by atoms with Crippen molar-refractivity contribution in [1.29, 1.82) is 0 Å². The van der Waals surface area contributed by atoms with E-state index in [2.05, 4.69) is 5.32 Å². The normalized spacial score (nSPS) is 11.8. The highest BCUT2D eigenvalue weighted by Gasteiger charge is 2.26. The lowest BCUT2D eigenvalue weighted by atomic mass is 10.1. The van der Waals surface area contributed by atoms with E-state index >= 15 is 0 Å². The second-order valence-electron chi connectivity index (χ2n) is 7.06. The molecule has 0 radical (unpaired) electrons. The summed E-state index contributed by atoms with van der Waals surface area (Å²) < 4.78 is 31.4. The number of esters is 1. The predicted molar refractivity (Wildman–Crippen MR) is 108 cm³/mol. The molecule has 0 saturated carbocycles. The van der Waals surface area contributed by atoms with Crippen molar-refractivity contribution in [2.45, 2.75) is 45.1 Å². The number of carbonyl (C=O) groups is 3. The molecule has 0 aliphatic heterocycles. The molecular weight excluding hydrogens is 422 g/mol. The summed E-state index contributed by atoms with van der Waals surface area (Å²) in [5.41, 5.74) is -0.635. The highest BCUT2D eigenvalue weighted by Crippen LogP contribution is 2.26. The maximum Gasteiger partial charge on any atom is 0.338 e. The largest absolute Gasteiger partial charge is 0.452 e. The van der Waals surface area contributed by atoms with Gasteiger partial charge in [0, 0.05) is 18.6 Å². The Bertz CT molecular complexity index is 876. The molecule has 0 aliphatic rings. The zero-order valence-electron chi connectivity index (χ0n) is 17.0. The summed E-state index contributed by atoms with van der Waals surface area (Å²) in [6, 6.07) is 2.93. The highest BCUT2D eigenvalue weighted by molar-refractivity contribution is 7.89. The van der Waals surface area contributed by atoms with Gasteiger partial charge >= 0.3 is 12.0 Å². The number of carbonyl (C=O) groups excluding carboxylic acids is 3. The molecule has 11 heteroatoms. The number of ether oxygens (including phenoxy) is 1. The molecule has 162 valence electrons. The summed E-state index contributed by atoms with van der Waals surface area (Å²) in [5, 5.41) is 4.52. The van der Waals surface area contributed by atoms with Gasteiger partial charge in [-0.05, 0) is 39.0 Å². The first kappa shape index (κ1) is 24.9. The molecule has 0 saturated heterocycles. The molecule has 9 nitrogen and oxygen atoms in total. The number of sulfonamides is 1. The molecule has 0 atom stereocenters. The molecule has 1 aromatic carbocycles. The van der Waals surface area contributed by atoms with Crippen molar-refractivity contribution < 1.29 is 27.5 Å². The molecule has 3 amide bonds. The average molecular weight is 448 g/mol. The third-order valence-electron chi connectivity index (χ3n) is 3.57. The van der Waals surface area contributed by atoms with Gasteiger partial charge in [-0.15, -0.1) is 0 Å². The van der Waals surface area contributed by atoms with Crippen LogP contribution in [0.15, 0.2) is 23.1 Å². The minimum absolute atomic E-state index is 0.0370. The van der Waals surface area contributed by atoms with Crippen LogP contribution in [0.5, 0.6) is 0 Å². The zero-order chi connectivity index (χ0) is 22.4. The Hall–Kier alpha value is -2.17. The van der Waals surface area contributed by atoms with E-state index in [1.54, 1.807) is 34.6 Å². The van der Waals surface area contributed by atoms with E-state index in [4.69, 9.17) is 16.3 Å². The first-order valence-corrected chi connectivity index (χ1v) is 10.7. The monoisotopic (exact) mass is 447 g/mol. The first-order valence-electron chi connectivity index (χ1n) is 8.90. The molecule has 29 heavy (non-hydrogen) atoms. The lowest BCUT2D eigenvalue weighted by Gasteiger charge is -2.20. The van der Waals surface area contributed by atoms with Crippen molar-refractivity contribution >= 4 is 39.5 Å². The van der Waals surface area contributed by atoms with E-state index < -0.39 is 40.1 Å². The number of hydrogen-bond acceptors (Lipinski definition) is 6. The smallest absolute Gasteiger partial charge is 0.338 e. The van der Waals surface area contributed by atoms with Gasteiger partial charge in [-0.1, -0.05) is 25.4 Å². The van der Waals surface area contributed by atoms with Crippen molar-refractivity contribution in [1.82, 2.24) is 14.9 Å². The van der Waals surface area contributed by atoms with Gasteiger partial charge in [0.15, 0.2) is 6.61 Å². The second-order valence-corrected chi connectivity index (χ2v) is 9.38. The Morgan fingerprint density at radius 1 is 1.14 bits per heavy atom. The van der Waals surface area contributed by atoms with Gasteiger partial charge in [0.1, 0.15) is 4.90 Å². The summed E-state index contributed by atoms with van der Waals surface area (Å²) in [6.07, 6.45) is 0. The molecule has 1 aromatic rings. The fourth-order valence-corrected chi connectivity index (χ4v) is 4.24. The van der Waals surface area contributed by atoms with Crippen LogP contribution in [0.1, 0.15) is 45.0 Å². The molecule has 0 aliphatic carbocycles. The number of urea groups is 1. The number of imide groups is 1. The topological polar surface area (TPSA) is 122 Å². The fraction of sp³-hybridized carbons (Fsp3) is 0.500. The number of nitrogens with one attached hydrogen (secondary N) is 2. The number of rotatable bonds is 7. The van der Waals surface area contributed by atoms with Crippen LogP contribution in [0.3, 0.4) is 0 Å². The molecule has 0 unspecified atom stereocenters. The standard InChI is InChI=1S/C18H26ClN3O6S/c1-6-22(7-2)29(26,27)14-10-12(8-9-13(14)19)16(24)28-11-15(23)20-17(25)21-18(3,4)5/h8-10H,6-7,11H2,1-5H3,(H2,20,21,23,25). The maximum atomic E-state index is 12.7. The maximum absolute atomic E-state index is 12.7. The number of hydrogen-bond donors (Lipinski definition) is 2. The van der Waals surface area contributed by atoms with E-state index in [-0.39, 0.29) is 28.6 Å². The zero-order valence-corrected chi connectivity index (χ0v) is 18.6. The van der Waals surface area contributed by atoms with Crippen molar-refractivity contribution in [2.24, 2.45) is 0 Å². The number of amides is 3. The summed E-state index contributed by atoms with van der Waals surface area (Å²) >= 11 is 6.01. The van der Waals surface area contributed by atoms with Crippen molar-refractivity contribution in [3.63, 3.8) is 0 Å². The lowest BCUT2D eigenvalue weighted by molar-refractivity contribution is -0.123. The Balaban J connectivity index is 2.86. The van der Waals surface area contributed by atoms with Crippen molar-refractivity contribution in [2.75, 3.05) is 19.7 Å². The van der Waals surface area contributed by atoms with E-state index in [1.165, 1.54) is 16.4 Å². The quantitative estimate of drug-likeness (QED) is 0.617. The molecule has 0 fully saturated rings. The van der Waals surface area contributed by atoms with Gasteiger partial charge in [0.05, 0.1) is 10.6 Å². The van der Waals surface area contributed by atoms with Gasteiger partial charge in [-0.3, -0.25) is 10.1 Å². The van der Waals surface area contributed by atoms with Gasteiger partial charge in [0.2, 0.25) is 10.0 Å². The van der Waals surface area contributed by atoms with Gasteiger partial charge in [-0.25, -0.2) is 18.0 Å². The molecule has 0 aromatic heterocycles. The summed E-state index contributed by atoms with van der Waals surface area (Å²) in [5.74, 6) is -1.76. The van der Waals surface area contributed by atoms with Crippen LogP contribution in [0, 0.1) is 0 Å². The van der Waals surface area contributed by atoms with Crippen molar-refractivity contribution in [3.05, 3.63) is 28.8 Å². The van der Waals surface area contributed by atoms with E-state index in [0.29, 0.717) is 0 Å². The van der Waals surface area contributed by atoms with Crippen LogP contribution in [0.4, 0.5) is 4.79 Å². The van der Waals surface area contributed by atoms with E-state index in [1.807, 2.05) is 5.32 Å². The molecule has 0 spiro atoms. The minimum atomic E-state index is -3.89. The number of halogens is 1. The van der Waals surface area contributed by atoms with Gasteiger partial charge < -0.3 is 10.1 Å². The fourth-order valence-electron chi connectivity index (χ4n) is 2.28. The molecule has 2 N–H and O–H groups in total. The SMILES string of the molecule is CCN(CC)S(=O)(=O)c1cc(C(=O)OCC(=O)NC(=O)NC(C)(C)C)ccc1Cl. The summed E-state index contributed by atoms with van der Waals surface area (Å²) in [6.45, 7) is 8.34. The third kappa shape index (κ3) is 7.30. The Morgan fingerprint density at radius 3 is 2.24 bits per heavy atom. The highest BCUT2D eigenvalue weighted by atomic mass is 35.5. The van der Waals surface area contributed by atoms with Crippen LogP contribution in [-0.2, 0) is 19.6 Å². The third-order valence-corrected chi connectivity index (χ3v) is 6.10. The Kier molecular flexibility index (Phi) is 8.61. The number of benzene rings is 1. The first-order chi connectivity index (χ1) is 13.3. The van der Waals surface area contributed by atoms with Crippen molar-refractivity contribution in [3.8, 4) is 0 Å². The van der Waals surface area contributed by atoms with Crippen LogP contribution < -0.4 is 10.6 Å². The Labute approximate surface area is 175 Å². The average Bonchev–Trinajstić information content (AvgIpc) is 2.58. The van der Waals surface area contributed by atoms with E-state index in [9.17, 15) is 22.8 Å². The molecular formula is C18H26ClN3O6S. The molecule has 1 rings (SSSR count). The molecule has 0 heterocycles. The minimum Gasteiger partial charge on any atom is -0.452 e. The van der Waals surface area contributed by atoms with Gasteiger partial charge in [-0.2, -0.15) is 4.31 Å². The second kappa shape index (κ2) is 10.0. The summed E-state index contributed by atoms with van der Waals surface area (Å²) in [4.78, 5) is 35.4. The van der Waals surface area contributed by atoms with Crippen LogP contribution in [-0.4, -0.2) is 55.9 Å². The number of nitrogens with zero attached hydrogens (tertiary/aromatic N) is 1. The van der Waals surface area contributed by atoms with Gasteiger partial charge in [0.25, 0.3) is 5.91 Å². The van der Waals surface area contributed by atoms with E-state index in [0.717, 1.165) is 6.07 Å². The summed E-state index contributed by atoms with van der Waals surface area (Å²) in [7, 11) is -3.89. The van der Waals surface area contributed by atoms with Crippen LogP contribution in [0.2, 0.25) is 5.02 Å². The predicted octanol–water partition coefficient (Wildman–Crippen LogP) is 2.15. The Morgan fingerprint density at radius 2 is 1.72 bits per heavy atom. The van der Waals surface area contributed by atoms with Crippen LogP contribution >= 0.6 is 11.6 Å². The lowest BCUT2D eigenvalue weighted by Crippen LogP contribution is -2.49. The van der Waals surface area contributed by atoms with Crippen LogP contribution in [0.25, 0.3) is 0 Å².